The highest BCUT2D eigenvalue weighted by Gasteiger charge is 2.26. The van der Waals surface area contributed by atoms with E-state index in [1.54, 1.807) is 0 Å². The standard InChI is InChI=1S/C12H15F2NO4S/c13-12(14)20(18,19)10-6-4-9(5-7-10)15-8-2-1-3-11(16)17/h4-7,12,15H,1-3,8H2,(H,16,17). The van der Waals surface area contributed by atoms with Crippen molar-refractivity contribution in [3.05, 3.63) is 24.3 Å². The van der Waals surface area contributed by atoms with E-state index in [4.69, 9.17) is 5.11 Å². The molecule has 112 valence electrons. The van der Waals surface area contributed by atoms with Crippen LogP contribution in [0.1, 0.15) is 19.3 Å². The Bertz CT molecular complexity index is 543. The predicted octanol–water partition coefficient (Wildman–Crippen LogP) is 2.35. The number of halogens is 2. The fraction of sp³-hybridized carbons (Fsp3) is 0.417. The molecule has 1 aromatic rings. The lowest BCUT2D eigenvalue weighted by molar-refractivity contribution is -0.137. The van der Waals surface area contributed by atoms with Crippen LogP contribution >= 0.6 is 0 Å². The molecule has 0 bridgehead atoms. The van der Waals surface area contributed by atoms with Gasteiger partial charge in [0.15, 0.2) is 0 Å². The molecule has 0 aliphatic carbocycles. The number of benzene rings is 1. The van der Waals surface area contributed by atoms with Gasteiger partial charge >= 0.3 is 11.7 Å². The molecule has 0 aliphatic heterocycles. The fourth-order valence-electron chi connectivity index (χ4n) is 1.50. The summed E-state index contributed by atoms with van der Waals surface area (Å²) in [6.45, 7) is 0.522. The van der Waals surface area contributed by atoms with Crippen molar-refractivity contribution in [1.82, 2.24) is 0 Å². The van der Waals surface area contributed by atoms with E-state index in [0.29, 0.717) is 25.1 Å². The number of hydrogen-bond acceptors (Lipinski definition) is 4. The average Bonchev–Trinajstić information content (AvgIpc) is 2.38. The maximum Gasteiger partial charge on any atom is 0.341 e. The van der Waals surface area contributed by atoms with Gasteiger partial charge in [-0.1, -0.05) is 0 Å². The molecule has 0 atom stereocenters. The maximum atomic E-state index is 12.3. The van der Waals surface area contributed by atoms with Crippen LogP contribution < -0.4 is 5.32 Å². The molecule has 0 unspecified atom stereocenters. The maximum absolute atomic E-state index is 12.3. The summed E-state index contributed by atoms with van der Waals surface area (Å²) in [4.78, 5) is 9.85. The summed E-state index contributed by atoms with van der Waals surface area (Å²) >= 11 is 0. The number of carboxylic acid groups (broad SMARTS) is 1. The summed E-state index contributed by atoms with van der Waals surface area (Å²) in [5.41, 5.74) is 0.591. The van der Waals surface area contributed by atoms with Gasteiger partial charge in [0.1, 0.15) is 0 Å². The Morgan fingerprint density at radius 3 is 2.30 bits per heavy atom. The lowest BCUT2D eigenvalue weighted by atomic mass is 10.2. The minimum atomic E-state index is -4.56. The molecule has 8 heteroatoms. The van der Waals surface area contributed by atoms with E-state index in [0.717, 1.165) is 12.1 Å². The van der Waals surface area contributed by atoms with E-state index in [2.05, 4.69) is 5.32 Å². The third kappa shape index (κ3) is 4.76. The zero-order valence-corrected chi connectivity index (χ0v) is 11.4. The van der Waals surface area contributed by atoms with Crippen molar-refractivity contribution >= 4 is 21.5 Å². The van der Waals surface area contributed by atoms with Crippen LogP contribution in [0, 0.1) is 0 Å². The molecule has 0 spiro atoms. The number of nitrogens with one attached hydrogen (secondary N) is 1. The molecule has 20 heavy (non-hydrogen) atoms. The molecular weight excluding hydrogens is 292 g/mol. The van der Waals surface area contributed by atoms with Gasteiger partial charge in [0, 0.05) is 18.7 Å². The van der Waals surface area contributed by atoms with Crippen LogP contribution in [0.3, 0.4) is 0 Å². The van der Waals surface area contributed by atoms with Crippen molar-refractivity contribution in [3.63, 3.8) is 0 Å². The number of carboxylic acids is 1. The van der Waals surface area contributed by atoms with Crippen molar-refractivity contribution < 1.29 is 27.1 Å². The SMILES string of the molecule is O=C(O)CCCCNc1ccc(S(=O)(=O)C(F)F)cc1. The van der Waals surface area contributed by atoms with Crippen molar-refractivity contribution in [1.29, 1.82) is 0 Å². The lowest BCUT2D eigenvalue weighted by Crippen LogP contribution is -2.11. The van der Waals surface area contributed by atoms with E-state index in [9.17, 15) is 22.0 Å². The molecular formula is C12H15F2NO4S. The van der Waals surface area contributed by atoms with E-state index in [1.807, 2.05) is 0 Å². The molecule has 0 aliphatic rings. The third-order valence-corrected chi connectivity index (χ3v) is 3.96. The smallest absolute Gasteiger partial charge is 0.341 e. The number of aliphatic carboxylic acids is 1. The van der Waals surface area contributed by atoms with E-state index < -0.39 is 26.5 Å². The van der Waals surface area contributed by atoms with Crippen LogP contribution in [0.15, 0.2) is 29.2 Å². The van der Waals surface area contributed by atoms with Crippen molar-refractivity contribution in [2.75, 3.05) is 11.9 Å². The number of sulfone groups is 1. The molecule has 1 aromatic carbocycles. The monoisotopic (exact) mass is 307 g/mol. The predicted molar refractivity (Wildman–Crippen MR) is 69.6 cm³/mol. The molecule has 2 N–H and O–H groups in total. The summed E-state index contributed by atoms with van der Waals surface area (Å²) in [6.07, 6.45) is 1.26. The van der Waals surface area contributed by atoms with Crippen LogP contribution in [0.2, 0.25) is 0 Å². The van der Waals surface area contributed by atoms with Crippen LogP contribution in [0.4, 0.5) is 14.5 Å². The van der Waals surface area contributed by atoms with Gasteiger partial charge in [0.2, 0.25) is 9.84 Å². The lowest BCUT2D eigenvalue weighted by Gasteiger charge is -2.07. The second kappa shape index (κ2) is 7.18. The topological polar surface area (TPSA) is 83.5 Å². The molecule has 0 fully saturated rings. The Morgan fingerprint density at radius 1 is 1.20 bits per heavy atom. The number of carbonyl (C=O) groups is 1. The average molecular weight is 307 g/mol. The normalized spacial score (nSPS) is 11.6. The number of anilines is 1. The number of unbranched alkanes of at least 4 members (excludes halogenated alkanes) is 1. The van der Waals surface area contributed by atoms with Crippen LogP contribution in [-0.4, -0.2) is 31.8 Å². The zero-order valence-electron chi connectivity index (χ0n) is 10.6. The zero-order chi connectivity index (χ0) is 15.2. The molecule has 0 saturated carbocycles. The van der Waals surface area contributed by atoms with Crippen LogP contribution in [0.5, 0.6) is 0 Å². The van der Waals surface area contributed by atoms with Crippen LogP contribution in [0.25, 0.3) is 0 Å². The van der Waals surface area contributed by atoms with Crippen molar-refractivity contribution in [2.45, 2.75) is 29.9 Å². The summed E-state index contributed by atoms with van der Waals surface area (Å²) in [7, 11) is -4.56. The molecule has 1 rings (SSSR count). The van der Waals surface area contributed by atoms with Gasteiger partial charge < -0.3 is 10.4 Å². The van der Waals surface area contributed by atoms with Crippen molar-refractivity contribution in [3.8, 4) is 0 Å². The van der Waals surface area contributed by atoms with E-state index in [1.165, 1.54) is 12.1 Å². The highest BCUT2D eigenvalue weighted by molar-refractivity contribution is 7.91. The summed E-state index contributed by atoms with van der Waals surface area (Å²) < 4.78 is 47.0. The highest BCUT2D eigenvalue weighted by atomic mass is 32.2. The van der Waals surface area contributed by atoms with E-state index >= 15 is 0 Å². The molecule has 0 saturated heterocycles. The summed E-state index contributed by atoms with van der Waals surface area (Å²) in [5.74, 6) is -4.29. The number of hydrogen-bond donors (Lipinski definition) is 2. The van der Waals surface area contributed by atoms with Crippen molar-refractivity contribution in [2.24, 2.45) is 0 Å². The van der Waals surface area contributed by atoms with Gasteiger partial charge in [-0.05, 0) is 37.1 Å². The minimum Gasteiger partial charge on any atom is -0.481 e. The molecule has 0 amide bonds. The van der Waals surface area contributed by atoms with Gasteiger partial charge in [-0.2, -0.15) is 8.78 Å². The van der Waals surface area contributed by atoms with Gasteiger partial charge in [0.05, 0.1) is 4.90 Å². The molecule has 5 nitrogen and oxygen atoms in total. The van der Waals surface area contributed by atoms with Gasteiger partial charge in [-0.25, -0.2) is 8.42 Å². The third-order valence-electron chi connectivity index (χ3n) is 2.56. The Kier molecular flexibility index (Phi) is 5.87. The van der Waals surface area contributed by atoms with E-state index in [-0.39, 0.29) is 6.42 Å². The van der Waals surface area contributed by atoms with Gasteiger partial charge in [-0.3, -0.25) is 4.79 Å². The molecule has 0 aromatic heterocycles. The summed E-state index contributed by atoms with van der Waals surface area (Å²) in [5, 5.41) is 11.4. The Balaban J connectivity index is 2.49. The molecule has 0 radical (unpaired) electrons. The number of alkyl halides is 2. The first-order valence-electron chi connectivity index (χ1n) is 5.92. The second-order valence-corrected chi connectivity index (χ2v) is 6.03. The Hall–Kier alpha value is -1.70. The quantitative estimate of drug-likeness (QED) is 0.720. The minimum absolute atomic E-state index is 0.0905. The largest absolute Gasteiger partial charge is 0.481 e. The second-order valence-electron chi connectivity index (χ2n) is 4.11. The van der Waals surface area contributed by atoms with Gasteiger partial charge in [-0.15, -0.1) is 0 Å². The fourth-order valence-corrected chi connectivity index (χ4v) is 2.22. The van der Waals surface area contributed by atoms with Gasteiger partial charge in [0.25, 0.3) is 0 Å². The first-order chi connectivity index (χ1) is 9.34. The first-order valence-corrected chi connectivity index (χ1v) is 7.46. The Labute approximate surface area is 115 Å². The molecule has 0 heterocycles. The van der Waals surface area contributed by atoms with Crippen LogP contribution in [-0.2, 0) is 14.6 Å². The highest BCUT2D eigenvalue weighted by Crippen LogP contribution is 2.20. The summed E-state index contributed by atoms with van der Waals surface area (Å²) in [6, 6.07) is 5.01. The first kappa shape index (κ1) is 16.4. The Morgan fingerprint density at radius 2 is 1.80 bits per heavy atom. The number of rotatable bonds is 8.